The van der Waals surface area contributed by atoms with Crippen LogP contribution in [0.3, 0.4) is 0 Å². The molecule has 0 amide bonds. The predicted octanol–water partition coefficient (Wildman–Crippen LogP) is 1.27. The second-order valence-corrected chi connectivity index (χ2v) is 8.52. The molecule has 0 bridgehead atoms. The third-order valence-electron chi connectivity index (χ3n) is 4.91. The van der Waals surface area contributed by atoms with Crippen LogP contribution in [0.25, 0.3) is 0 Å². The first-order valence-corrected chi connectivity index (χ1v) is 9.30. The van der Waals surface area contributed by atoms with Crippen molar-refractivity contribution in [3.8, 4) is 0 Å². The Morgan fingerprint density at radius 2 is 1.75 bits per heavy atom. The summed E-state index contributed by atoms with van der Waals surface area (Å²) < 4.78 is 28.7. The lowest BCUT2D eigenvalue weighted by Crippen LogP contribution is -2.51. The Morgan fingerprint density at radius 3 is 2.30 bits per heavy atom. The molecule has 5 nitrogen and oxygen atoms in total. The number of hydrogen-bond acceptors (Lipinski definition) is 3. The van der Waals surface area contributed by atoms with E-state index in [-0.39, 0.29) is 0 Å². The van der Waals surface area contributed by atoms with Gasteiger partial charge in [0.25, 0.3) is 10.2 Å². The van der Waals surface area contributed by atoms with Crippen molar-refractivity contribution >= 4 is 10.2 Å². The minimum absolute atomic E-state index is 0.326. The maximum absolute atomic E-state index is 12.7. The van der Waals surface area contributed by atoms with E-state index in [0.29, 0.717) is 50.5 Å². The molecule has 0 saturated carbocycles. The number of piperidine rings is 2. The van der Waals surface area contributed by atoms with E-state index in [1.807, 2.05) is 0 Å². The smallest absolute Gasteiger partial charge is 0.281 e. The number of hydrogen-bond donors (Lipinski definition) is 1. The van der Waals surface area contributed by atoms with Crippen molar-refractivity contribution in [3.63, 3.8) is 0 Å². The lowest BCUT2D eigenvalue weighted by atomic mass is 9.87. The number of nitrogens with zero attached hydrogens (tertiary/aromatic N) is 2. The standard InChI is InChI=1S/C14H29N3O2S/c1-12(2)14-5-8-16(9-6-14)20(18,19)17-7-3-4-13(10-15)11-17/h12-14H,3-11,15H2,1-2H3. The Hall–Kier alpha value is -0.170. The van der Waals surface area contributed by atoms with Gasteiger partial charge in [-0.2, -0.15) is 17.0 Å². The zero-order chi connectivity index (χ0) is 14.8. The van der Waals surface area contributed by atoms with Gasteiger partial charge in [0.1, 0.15) is 0 Å². The molecule has 2 fully saturated rings. The molecule has 0 aromatic rings. The first-order chi connectivity index (χ1) is 9.45. The van der Waals surface area contributed by atoms with E-state index in [1.54, 1.807) is 8.61 Å². The maximum Gasteiger partial charge on any atom is 0.281 e. The summed E-state index contributed by atoms with van der Waals surface area (Å²) in [5.41, 5.74) is 5.70. The van der Waals surface area contributed by atoms with Gasteiger partial charge in [-0.05, 0) is 50.0 Å². The van der Waals surface area contributed by atoms with Gasteiger partial charge in [0.05, 0.1) is 0 Å². The van der Waals surface area contributed by atoms with Gasteiger partial charge in [-0.1, -0.05) is 13.8 Å². The summed E-state index contributed by atoms with van der Waals surface area (Å²) in [7, 11) is -3.27. The molecule has 0 spiro atoms. The largest absolute Gasteiger partial charge is 0.330 e. The average molecular weight is 303 g/mol. The second-order valence-electron chi connectivity index (χ2n) is 6.59. The van der Waals surface area contributed by atoms with Gasteiger partial charge in [-0.3, -0.25) is 0 Å². The van der Waals surface area contributed by atoms with Crippen molar-refractivity contribution in [3.05, 3.63) is 0 Å². The summed E-state index contributed by atoms with van der Waals surface area (Å²) in [5.74, 6) is 1.64. The highest BCUT2D eigenvalue weighted by Crippen LogP contribution is 2.28. The van der Waals surface area contributed by atoms with E-state index in [0.717, 1.165) is 25.7 Å². The molecule has 0 aromatic carbocycles. The maximum atomic E-state index is 12.7. The molecule has 2 saturated heterocycles. The fraction of sp³-hybridized carbons (Fsp3) is 1.00. The minimum Gasteiger partial charge on any atom is -0.330 e. The average Bonchev–Trinajstić information content (AvgIpc) is 2.47. The molecule has 2 heterocycles. The Kier molecular flexibility index (Phi) is 5.45. The summed E-state index contributed by atoms with van der Waals surface area (Å²) in [6.45, 7) is 7.65. The van der Waals surface area contributed by atoms with Crippen LogP contribution in [0.2, 0.25) is 0 Å². The highest BCUT2D eigenvalue weighted by molar-refractivity contribution is 7.86. The van der Waals surface area contributed by atoms with Gasteiger partial charge >= 0.3 is 0 Å². The molecule has 1 unspecified atom stereocenters. The molecule has 0 radical (unpaired) electrons. The van der Waals surface area contributed by atoms with E-state index in [4.69, 9.17) is 5.73 Å². The molecular formula is C14H29N3O2S. The third kappa shape index (κ3) is 3.53. The Morgan fingerprint density at radius 1 is 1.10 bits per heavy atom. The first-order valence-electron chi connectivity index (χ1n) is 7.90. The molecule has 6 heteroatoms. The molecule has 20 heavy (non-hydrogen) atoms. The Balaban J connectivity index is 1.97. The van der Waals surface area contributed by atoms with E-state index in [2.05, 4.69) is 13.8 Å². The molecule has 2 aliphatic rings. The van der Waals surface area contributed by atoms with E-state index in [9.17, 15) is 8.42 Å². The molecule has 118 valence electrons. The van der Waals surface area contributed by atoms with Crippen LogP contribution in [0.4, 0.5) is 0 Å². The van der Waals surface area contributed by atoms with Crippen molar-refractivity contribution in [1.29, 1.82) is 0 Å². The van der Waals surface area contributed by atoms with Gasteiger partial charge in [0, 0.05) is 26.2 Å². The van der Waals surface area contributed by atoms with Crippen LogP contribution >= 0.6 is 0 Å². The molecule has 2 aliphatic heterocycles. The summed E-state index contributed by atoms with van der Waals surface area (Å²) in [5, 5.41) is 0. The molecule has 1 atom stereocenters. The first kappa shape index (κ1) is 16.2. The van der Waals surface area contributed by atoms with Crippen LogP contribution in [0.5, 0.6) is 0 Å². The van der Waals surface area contributed by atoms with Gasteiger partial charge in [0.2, 0.25) is 0 Å². The van der Waals surface area contributed by atoms with E-state index < -0.39 is 10.2 Å². The van der Waals surface area contributed by atoms with Crippen molar-refractivity contribution in [2.24, 2.45) is 23.5 Å². The predicted molar refractivity (Wildman–Crippen MR) is 81.4 cm³/mol. The zero-order valence-corrected chi connectivity index (χ0v) is 13.6. The second kappa shape index (κ2) is 6.73. The van der Waals surface area contributed by atoms with Crippen LogP contribution in [-0.4, -0.2) is 49.8 Å². The Bertz CT molecular complexity index is 403. The summed E-state index contributed by atoms with van der Waals surface area (Å²) >= 11 is 0. The molecule has 2 N–H and O–H groups in total. The highest BCUT2D eigenvalue weighted by atomic mass is 32.2. The van der Waals surface area contributed by atoms with Crippen molar-refractivity contribution in [1.82, 2.24) is 8.61 Å². The van der Waals surface area contributed by atoms with Gasteiger partial charge in [-0.25, -0.2) is 0 Å². The topological polar surface area (TPSA) is 66.6 Å². The summed E-state index contributed by atoms with van der Waals surface area (Å²) in [6.07, 6.45) is 3.97. The normalized spacial score (nSPS) is 28.1. The molecular weight excluding hydrogens is 274 g/mol. The van der Waals surface area contributed by atoms with E-state index in [1.165, 1.54) is 0 Å². The number of rotatable bonds is 4. The molecule has 0 aliphatic carbocycles. The van der Waals surface area contributed by atoms with Crippen LogP contribution < -0.4 is 5.73 Å². The van der Waals surface area contributed by atoms with Crippen LogP contribution in [0.1, 0.15) is 39.5 Å². The van der Waals surface area contributed by atoms with Crippen LogP contribution in [0.15, 0.2) is 0 Å². The fourth-order valence-electron chi connectivity index (χ4n) is 3.37. The summed E-state index contributed by atoms with van der Waals surface area (Å²) in [6, 6.07) is 0. The minimum atomic E-state index is -3.27. The van der Waals surface area contributed by atoms with Crippen LogP contribution in [-0.2, 0) is 10.2 Å². The SMILES string of the molecule is CC(C)C1CCN(S(=O)(=O)N2CCCC(CN)C2)CC1. The van der Waals surface area contributed by atoms with E-state index >= 15 is 0 Å². The highest BCUT2D eigenvalue weighted by Gasteiger charge is 2.35. The fourth-order valence-corrected chi connectivity index (χ4v) is 5.12. The van der Waals surface area contributed by atoms with Crippen molar-refractivity contribution in [2.75, 3.05) is 32.7 Å². The molecule has 2 rings (SSSR count). The van der Waals surface area contributed by atoms with Crippen molar-refractivity contribution in [2.45, 2.75) is 39.5 Å². The molecule has 0 aromatic heterocycles. The monoisotopic (exact) mass is 303 g/mol. The van der Waals surface area contributed by atoms with Crippen molar-refractivity contribution < 1.29 is 8.42 Å². The number of nitrogens with two attached hydrogens (primary N) is 1. The van der Waals surface area contributed by atoms with Crippen LogP contribution in [0, 0.1) is 17.8 Å². The quantitative estimate of drug-likeness (QED) is 0.850. The Labute approximate surface area is 123 Å². The van der Waals surface area contributed by atoms with Gasteiger partial charge in [-0.15, -0.1) is 0 Å². The van der Waals surface area contributed by atoms with Gasteiger partial charge < -0.3 is 5.73 Å². The lowest BCUT2D eigenvalue weighted by molar-refractivity contribution is 0.202. The third-order valence-corrected chi connectivity index (χ3v) is 6.91. The summed E-state index contributed by atoms with van der Waals surface area (Å²) in [4.78, 5) is 0. The van der Waals surface area contributed by atoms with Gasteiger partial charge in [0.15, 0.2) is 0 Å². The lowest BCUT2D eigenvalue weighted by Gasteiger charge is -2.38. The zero-order valence-electron chi connectivity index (χ0n) is 12.8.